The zero-order chi connectivity index (χ0) is 30.7. The molecule has 4 fully saturated rings. The maximum absolute atomic E-state index is 16.7. The number of carbonyl (C=O) groups excluding carboxylic acids is 1. The number of ether oxygens (including phenoxy) is 1. The normalized spacial score (nSPS) is 24.7. The average molecular weight is 608 g/mol. The van der Waals surface area contributed by atoms with E-state index in [4.69, 9.17) is 19.7 Å². The minimum atomic E-state index is -0.467. The highest BCUT2D eigenvalue weighted by atomic mass is 19.1. The minimum absolute atomic E-state index is 0.0880. The van der Waals surface area contributed by atoms with Crippen molar-refractivity contribution in [1.82, 2.24) is 24.8 Å². The number of hydrogen-bond acceptors (Lipinski definition) is 8. The Morgan fingerprint density at radius 3 is 2.82 bits per heavy atom. The van der Waals surface area contributed by atoms with Gasteiger partial charge < -0.3 is 19.4 Å². The van der Waals surface area contributed by atoms with E-state index in [1.807, 2.05) is 17.0 Å². The van der Waals surface area contributed by atoms with Crippen LogP contribution in [0.2, 0.25) is 0 Å². The highest BCUT2D eigenvalue weighted by molar-refractivity contribution is 5.93. The Bertz CT molecular complexity index is 1730. The third kappa shape index (κ3) is 5.11. The lowest BCUT2D eigenvalue weighted by Gasteiger charge is -2.41. The first-order chi connectivity index (χ1) is 22.0. The number of nitrogens with zero attached hydrogens (tertiary/aromatic N) is 7. The fourth-order valence-electron chi connectivity index (χ4n) is 7.95. The molecule has 4 heterocycles. The van der Waals surface area contributed by atoms with Crippen molar-refractivity contribution < 1.29 is 13.9 Å². The Hall–Kier alpha value is -4.10. The first-order valence-electron chi connectivity index (χ1n) is 16.4. The van der Waals surface area contributed by atoms with Crippen LogP contribution in [0.25, 0.3) is 22.2 Å². The van der Waals surface area contributed by atoms with Crippen molar-refractivity contribution in [3.8, 4) is 23.3 Å². The monoisotopic (exact) mass is 607 g/mol. The van der Waals surface area contributed by atoms with Gasteiger partial charge >= 0.3 is 6.01 Å². The third-order valence-corrected chi connectivity index (χ3v) is 10.7. The lowest BCUT2D eigenvalue weighted by atomic mass is 9.96. The largest absolute Gasteiger partial charge is 0.463 e. The average Bonchev–Trinajstić information content (AvgIpc) is 3.90. The number of anilines is 1. The Morgan fingerprint density at radius 2 is 2.04 bits per heavy atom. The lowest BCUT2D eigenvalue weighted by molar-refractivity contribution is -0.128. The molecule has 45 heavy (non-hydrogen) atoms. The number of carbonyl (C=O) groups is 1. The van der Waals surface area contributed by atoms with E-state index in [-0.39, 0.29) is 35.3 Å². The van der Waals surface area contributed by atoms with Crippen LogP contribution in [0.15, 0.2) is 37.1 Å². The summed E-state index contributed by atoms with van der Waals surface area (Å²) in [6.45, 7) is 8.62. The fraction of sp³-hybridized carbons (Fsp3) is 0.514. The van der Waals surface area contributed by atoms with E-state index < -0.39 is 5.82 Å². The van der Waals surface area contributed by atoms with E-state index in [1.165, 1.54) is 30.0 Å². The van der Waals surface area contributed by atoms with Gasteiger partial charge in [0.1, 0.15) is 17.0 Å². The molecule has 2 aliphatic heterocycles. The van der Waals surface area contributed by atoms with Crippen LogP contribution in [0.4, 0.5) is 10.2 Å². The second-order valence-corrected chi connectivity index (χ2v) is 13.7. The number of nitriles is 1. The predicted octanol–water partition coefficient (Wildman–Crippen LogP) is 4.86. The van der Waals surface area contributed by atoms with E-state index in [9.17, 15) is 10.1 Å². The van der Waals surface area contributed by atoms with Gasteiger partial charge in [0, 0.05) is 43.4 Å². The standard InChI is InChI=1S/C35H38FN7O2/c1-2-28(44)43-15-14-42(19-24(43)8-11-37)33-27-18-38-31(25-7-5-6-22-16-23-17-26(23)29(22)25)30(36)32(27)39-34(40-33)45-21-35(9-10-35)20-41-12-3-4-13-41/h2,5-7,18,23-24,26H,1,3-4,8-10,12-17,19-21H2/t23-,24+,26+/m1/s1. The van der Waals surface area contributed by atoms with Crippen molar-refractivity contribution >= 4 is 22.6 Å². The molecule has 2 aromatic heterocycles. The molecule has 2 saturated carbocycles. The molecule has 0 N–H and O–H groups in total. The highest BCUT2D eigenvalue weighted by Crippen LogP contribution is 2.58. The van der Waals surface area contributed by atoms with Gasteiger partial charge in [0.25, 0.3) is 0 Å². The van der Waals surface area contributed by atoms with Crippen LogP contribution < -0.4 is 9.64 Å². The highest BCUT2D eigenvalue weighted by Gasteiger charge is 2.47. The van der Waals surface area contributed by atoms with Crippen molar-refractivity contribution in [2.45, 2.75) is 56.9 Å². The number of hydrogen-bond donors (Lipinski definition) is 0. The van der Waals surface area contributed by atoms with E-state index in [0.717, 1.165) is 50.9 Å². The smallest absolute Gasteiger partial charge is 0.319 e. The second kappa shape index (κ2) is 11.1. The Morgan fingerprint density at radius 1 is 1.20 bits per heavy atom. The number of piperazine rings is 1. The van der Waals surface area contributed by atoms with Crippen LogP contribution in [0.3, 0.4) is 0 Å². The van der Waals surface area contributed by atoms with Crippen LogP contribution in [0.1, 0.15) is 55.6 Å². The molecular weight excluding hydrogens is 569 g/mol. The maximum atomic E-state index is 16.7. The maximum Gasteiger partial charge on any atom is 0.319 e. The van der Waals surface area contributed by atoms with Gasteiger partial charge in [-0.25, -0.2) is 4.39 Å². The quantitative estimate of drug-likeness (QED) is 0.318. The van der Waals surface area contributed by atoms with Crippen molar-refractivity contribution in [3.63, 3.8) is 0 Å². The summed E-state index contributed by atoms with van der Waals surface area (Å²) >= 11 is 0. The molecule has 1 amide bonds. The number of likely N-dealkylation sites (tertiary alicyclic amines) is 1. The molecule has 0 radical (unpaired) electrons. The first-order valence-corrected chi connectivity index (χ1v) is 16.4. The van der Waals surface area contributed by atoms with Crippen molar-refractivity contribution in [2.24, 2.45) is 11.3 Å². The molecule has 0 spiro atoms. The van der Waals surface area contributed by atoms with Gasteiger partial charge in [-0.05, 0) is 80.7 Å². The second-order valence-electron chi connectivity index (χ2n) is 13.7. The molecule has 3 atom stereocenters. The molecule has 9 nitrogen and oxygen atoms in total. The van der Waals surface area contributed by atoms with E-state index in [1.54, 1.807) is 11.1 Å². The van der Waals surface area contributed by atoms with Gasteiger partial charge in [0.05, 0.1) is 30.5 Å². The molecule has 5 aliphatic rings. The van der Waals surface area contributed by atoms with Gasteiger partial charge in [-0.3, -0.25) is 9.78 Å². The number of aromatic nitrogens is 3. The first kappa shape index (κ1) is 28.4. The number of benzene rings is 1. The third-order valence-electron chi connectivity index (χ3n) is 10.7. The number of fused-ring (bicyclic) bond motifs is 4. The summed E-state index contributed by atoms with van der Waals surface area (Å²) in [6, 6.07) is 8.15. The summed E-state index contributed by atoms with van der Waals surface area (Å²) in [5.74, 6) is 1.01. The topological polar surface area (TPSA) is 98.5 Å². The fourth-order valence-corrected chi connectivity index (χ4v) is 7.95. The van der Waals surface area contributed by atoms with Crippen molar-refractivity contribution in [2.75, 3.05) is 50.8 Å². The minimum Gasteiger partial charge on any atom is -0.463 e. The number of rotatable bonds is 9. The zero-order valence-corrected chi connectivity index (χ0v) is 25.6. The SMILES string of the molecule is C=CC(=O)N1CCN(c2nc(OCC3(CN4CCCC4)CC3)nc3c(F)c(-c4cccc5c4[C@H]4C[C@H]4C5)ncc23)C[C@@H]1CC#N. The molecule has 1 aromatic carbocycles. The van der Waals surface area contributed by atoms with Crippen molar-refractivity contribution in [3.05, 3.63) is 54.0 Å². The molecule has 0 bridgehead atoms. The molecule has 232 valence electrons. The van der Waals surface area contributed by atoms with Gasteiger partial charge in [-0.1, -0.05) is 24.8 Å². The Labute approximate surface area is 262 Å². The Kier molecular flexibility index (Phi) is 6.97. The number of amides is 1. The molecule has 8 rings (SSSR count). The summed E-state index contributed by atoms with van der Waals surface area (Å²) in [4.78, 5) is 33.0. The summed E-state index contributed by atoms with van der Waals surface area (Å²) in [7, 11) is 0. The van der Waals surface area contributed by atoms with Crippen LogP contribution in [-0.2, 0) is 11.2 Å². The summed E-state index contributed by atoms with van der Waals surface area (Å²) in [5.41, 5.74) is 3.98. The number of pyridine rings is 1. The summed E-state index contributed by atoms with van der Waals surface area (Å²) in [5, 5.41) is 10.0. The van der Waals surface area contributed by atoms with Crippen molar-refractivity contribution in [1.29, 1.82) is 5.26 Å². The van der Waals surface area contributed by atoms with Gasteiger partial charge in [0.2, 0.25) is 5.91 Å². The van der Waals surface area contributed by atoms with Gasteiger partial charge in [-0.2, -0.15) is 15.2 Å². The zero-order valence-electron chi connectivity index (χ0n) is 25.6. The summed E-state index contributed by atoms with van der Waals surface area (Å²) < 4.78 is 23.1. The predicted molar refractivity (Wildman–Crippen MR) is 168 cm³/mol. The van der Waals surface area contributed by atoms with Gasteiger partial charge in [0.15, 0.2) is 5.82 Å². The summed E-state index contributed by atoms with van der Waals surface area (Å²) in [6.07, 6.45) is 10.0. The number of halogens is 1. The molecule has 3 aliphatic carbocycles. The van der Waals surface area contributed by atoms with Gasteiger partial charge in [-0.15, -0.1) is 0 Å². The Balaban J connectivity index is 1.17. The van der Waals surface area contributed by atoms with Crippen LogP contribution in [0.5, 0.6) is 6.01 Å². The molecular formula is C35H38FN7O2. The lowest BCUT2D eigenvalue weighted by Crippen LogP contribution is -2.55. The van der Waals surface area contributed by atoms with E-state index in [0.29, 0.717) is 55.0 Å². The van der Waals surface area contributed by atoms with Crippen LogP contribution in [0, 0.1) is 28.5 Å². The molecule has 0 unspecified atom stereocenters. The molecule has 2 saturated heterocycles. The molecule has 10 heteroatoms. The van der Waals surface area contributed by atoms with E-state index >= 15 is 4.39 Å². The van der Waals surface area contributed by atoms with Crippen LogP contribution in [-0.4, -0.2) is 82.6 Å². The van der Waals surface area contributed by atoms with E-state index in [2.05, 4.69) is 23.6 Å². The molecule has 3 aromatic rings. The van der Waals surface area contributed by atoms with Crippen LogP contribution >= 0.6 is 0 Å².